The molecule has 6 nitrogen and oxygen atoms in total. The van der Waals surface area contributed by atoms with Crippen molar-refractivity contribution in [1.82, 2.24) is 15.1 Å². The van der Waals surface area contributed by atoms with E-state index in [0.29, 0.717) is 12.1 Å². The molecule has 6 heteroatoms. The number of nitrogens with one attached hydrogen (secondary N) is 1. The van der Waals surface area contributed by atoms with Gasteiger partial charge in [0.2, 0.25) is 0 Å². The van der Waals surface area contributed by atoms with E-state index < -0.39 is 5.60 Å². The minimum Gasteiger partial charge on any atom is -0.444 e. The molecule has 0 bridgehead atoms. The molecule has 3 aliphatic rings. The summed E-state index contributed by atoms with van der Waals surface area (Å²) >= 11 is 0. The Balaban J connectivity index is 1.32. The van der Waals surface area contributed by atoms with Gasteiger partial charge in [0.05, 0.1) is 12.7 Å². The summed E-state index contributed by atoms with van der Waals surface area (Å²) < 4.78 is 11.3. The molecule has 3 rings (SSSR count). The molecule has 0 aromatic carbocycles. The maximum absolute atomic E-state index is 11.9. The summed E-state index contributed by atoms with van der Waals surface area (Å²) in [6, 6.07) is 1.02. The number of ether oxygens (including phenoxy) is 2. The molecule has 1 N–H and O–H groups in total. The molecule has 3 saturated heterocycles. The molecule has 0 spiro atoms. The fourth-order valence-corrected chi connectivity index (χ4v) is 3.39. The Morgan fingerprint density at radius 2 is 2.09 bits per heavy atom. The van der Waals surface area contributed by atoms with Crippen LogP contribution in [-0.2, 0) is 9.47 Å². The average molecular weight is 311 g/mol. The van der Waals surface area contributed by atoms with E-state index in [1.54, 1.807) is 4.90 Å². The Kier molecular flexibility index (Phi) is 4.61. The SMILES string of the molecule is CC(C)(C)OC(=O)N1CC(NCC2CN3CCCC3CO2)C1. The molecule has 0 radical (unpaired) electrons. The predicted octanol–water partition coefficient (Wildman–Crippen LogP) is 1.06. The lowest BCUT2D eigenvalue weighted by atomic mass is 10.1. The Labute approximate surface area is 133 Å². The number of hydrogen-bond donors (Lipinski definition) is 1. The minimum atomic E-state index is -0.419. The van der Waals surface area contributed by atoms with Gasteiger partial charge in [0.1, 0.15) is 5.60 Å². The maximum Gasteiger partial charge on any atom is 0.410 e. The highest BCUT2D eigenvalue weighted by Crippen LogP contribution is 2.22. The summed E-state index contributed by atoms with van der Waals surface area (Å²) in [6.07, 6.45) is 2.67. The van der Waals surface area contributed by atoms with Gasteiger partial charge in [-0.3, -0.25) is 4.90 Å². The predicted molar refractivity (Wildman–Crippen MR) is 83.9 cm³/mol. The first kappa shape index (κ1) is 16.0. The van der Waals surface area contributed by atoms with Crippen molar-refractivity contribution >= 4 is 6.09 Å². The monoisotopic (exact) mass is 311 g/mol. The Bertz CT molecular complexity index is 404. The number of fused-ring (bicyclic) bond motifs is 1. The molecule has 126 valence electrons. The van der Waals surface area contributed by atoms with Crippen LogP contribution in [0.25, 0.3) is 0 Å². The van der Waals surface area contributed by atoms with Crippen LogP contribution >= 0.6 is 0 Å². The highest BCUT2D eigenvalue weighted by Gasteiger charge is 2.35. The molecule has 2 atom stereocenters. The van der Waals surface area contributed by atoms with Crippen LogP contribution < -0.4 is 5.32 Å². The highest BCUT2D eigenvalue weighted by atomic mass is 16.6. The summed E-state index contributed by atoms with van der Waals surface area (Å²) in [6.45, 7) is 11.2. The third-order valence-corrected chi connectivity index (χ3v) is 4.63. The Hall–Kier alpha value is -0.850. The van der Waals surface area contributed by atoms with E-state index in [-0.39, 0.29) is 12.2 Å². The van der Waals surface area contributed by atoms with Gasteiger partial charge >= 0.3 is 6.09 Å². The van der Waals surface area contributed by atoms with E-state index in [2.05, 4.69) is 10.2 Å². The Morgan fingerprint density at radius 3 is 2.82 bits per heavy atom. The lowest BCUT2D eigenvalue weighted by Gasteiger charge is -2.41. The van der Waals surface area contributed by atoms with Crippen molar-refractivity contribution in [2.45, 2.75) is 57.4 Å². The summed E-state index contributed by atoms with van der Waals surface area (Å²) in [5.41, 5.74) is -0.419. The topological polar surface area (TPSA) is 54.0 Å². The second-order valence-electron chi connectivity index (χ2n) is 7.74. The van der Waals surface area contributed by atoms with Gasteiger partial charge in [0, 0.05) is 38.3 Å². The molecular formula is C16H29N3O3. The minimum absolute atomic E-state index is 0.209. The number of carbonyl (C=O) groups is 1. The molecule has 1 amide bonds. The largest absolute Gasteiger partial charge is 0.444 e. The molecule has 3 fully saturated rings. The quantitative estimate of drug-likeness (QED) is 0.844. The first-order chi connectivity index (χ1) is 10.4. The third-order valence-electron chi connectivity index (χ3n) is 4.63. The van der Waals surface area contributed by atoms with Crippen molar-refractivity contribution in [2.75, 3.05) is 39.3 Å². The van der Waals surface area contributed by atoms with Gasteiger partial charge in [-0.2, -0.15) is 0 Å². The molecule has 3 aliphatic heterocycles. The normalized spacial score (nSPS) is 30.0. The summed E-state index contributed by atoms with van der Waals surface area (Å²) in [5, 5.41) is 3.52. The third kappa shape index (κ3) is 3.91. The van der Waals surface area contributed by atoms with Crippen LogP contribution in [0.4, 0.5) is 4.79 Å². The average Bonchev–Trinajstić information content (AvgIpc) is 2.81. The van der Waals surface area contributed by atoms with Gasteiger partial charge < -0.3 is 19.7 Å². The van der Waals surface area contributed by atoms with Crippen molar-refractivity contribution in [3.05, 3.63) is 0 Å². The van der Waals surface area contributed by atoms with E-state index in [1.165, 1.54) is 19.4 Å². The number of hydrogen-bond acceptors (Lipinski definition) is 5. The number of carbonyl (C=O) groups excluding carboxylic acids is 1. The van der Waals surface area contributed by atoms with Crippen molar-refractivity contribution < 1.29 is 14.3 Å². The summed E-state index contributed by atoms with van der Waals surface area (Å²) in [7, 11) is 0. The van der Waals surface area contributed by atoms with Gasteiger partial charge in [0.25, 0.3) is 0 Å². The Morgan fingerprint density at radius 1 is 1.32 bits per heavy atom. The van der Waals surface area contributed by atoms with E-state index in [0.717, 1.165) is 32.8 Å². The molecule has 22 heavy (non-hydrogen) atoms. The molecule has 0 aromatic rings. The van der Waals surface area contributed by atoms with E-state index in [4.69, 9.17) is 9.47 Å². The first-order valence-corrected chi connectivity index (χ1v) is 8.48. The second-order valence-corrected chi connectivity index (χ2v) is 7.74. The molecule has 2 unspecified atom stereocenters. The molecule has 0 aromatic heterocycles. The van der Waals surface area contributed by atoms with Crippen molar-refractivity contribution in [3.8, 4) is 0 Å². The summed E-state index contributed by atoms with van der Waals surface area (Å²) in [5.74, 6) is 0. The number of likely N-dealkylation sites (tertiary alicyclic amines) is 1. The lowest BCUT2D eigenvalue weighted by molar-refractivity contribution is -0.0506. The zero-order chi connectivity index (χ0) is 15.7. The van der Waals surface area contributed by atoms with Crippen LogP contribution in [0, 0.1) is 0 Å². The lowest BCUT2D eigenvalue weighted by Crippen LogP contribution is -2.62. The number of amides is 1. The zero-order valence-electron chi connectivity index (χ0n) is 14.0. The van der Waals surface area contributed by atoms with Crippen LogP contribution in [0.1, 0.15) is 33.6 Å². The molecule has 3 heterocycles. The molecular weight excluding hydrogens is 282 g/mol. The maximum atomic E-state index is 11.9. The van der Waals surface area contributed by atoms with Crippen LogP contribution in [0.15, 0.2) is 0 Å². The van der Waals surface area contributed by atoms with Gasteiger partial charge in [-0.15, -0.1) is 0 Å². The van der Waals surface area contributed by atoms with E-state index in [9.17, 15) is 4.79 Å². The number of rotatable bonds is 3. The fourth-order valence-electron chi connectivity index (χ4n) is 3.39. The van der Waals surface area contributed by atoms with Gasteiger partial charge in [-0.1, -0.05) is 0 Å². The van der Waals surface area contributed by atoms with Crippen molar-refractivity contribution in [2.24, 2.45) is 0 Å². The fraction of sp³-hybridized carbons (Fsp3) is 0.938. The second kappa shape index (κ2) is 6.34. The van der Waals surface area contributed by atoms with E-state index in [1.807, 2.05) is 20.8 Å². The molecule has 0 saturated carbocycles. The van der Waals surface area contributed by atoms with Gasteiger partial charge in [-0.05, 0) is 40.2 Å². The molecule has 0 aliphatic carbocycles. The van der Waals surface area contributed by atoms with Crippen LogP contribution in [0.2, 0.25) is 0 Å². The number of morpholine rings is 1. The smallest absolute Gasteiger partial charge is 0.410 e. The van der Waals surface area contributed by atoms with Gasteiger partial charge in [0.15, 0.2) is 0 Å². The zero-order valence-corrected chi connectivity index (χ0v) is 14.0. The number of nitrogens with zero attached hydrogens (tertiary/aromatic N) is 2. The van der Waals surface area contributed by atoms with Crippen LogP contribution in [-0.4, -0.2) is 79.0 Å². The van der Waals surface area contributed by atoms with Crippen LogP contribution in [0.3, 0.4) is 0 Å². The van der Waals surface area contributed by atoms with Gasteiger partial charge in [-0.25, -0.2) is 4.79 Å². The standard InChI is InChI=1S/C16H29N3O3/c1-16(2,3)22-15(20)19-8-12(9-19)17-7-14-10-18-6-4-5-13(18)11-21-14/h12-14,17H,4-11H2,1-3H3. The first-order valence-electron chi connectivity index (χ1n) is 8.48. The van der Waals surface area contributed by atoms with Crippen molar-refractivity contribution in [1.29, 1.82) is 0 Å². The van der Waals surface area contributed by atoms with E-state index >= 15 is 0 Å². The van der Waals surface area contributed by atoms with Crippen LogP contribution in [0.5, 0.6) is 0 Å². The van der Waals surface area contributed by atoms with Crippen molar-refractivity contribution in [3.63, 3.8) is 0 Å². The highest BCUT2D eigenvalue weighted by molar-refractivity contribution is 5.69. The summed E-state index contributed by atoms with van der Waals surface area (Å²) in [4.78, 5) is 16.2.